The van der Waals surface area contributed by atoms with Gasteiger partial charge in [-0.1, -0.05) is 13.8 Å². The number of ketones is 1. The third-order valence-electron chi connectivity index (χ3n) is 5.56. The van der Waals surface area contributed by atoms with E-state index in [0.717, 1.165) is 39.1 Å². The molecule has 5 nitrogen and oxygen atoms in total. The second kappa shape index (κ2) is 10.5. The van der Waals surface area contributed by atoms with E-state index >= 15 is 0 Å². The maximum atomic E-state index is 12.1. The molecule has 2 fully saturated rings. The minimum absolute atomic E-state index is 0.191. The van der Waals surface area contributed by atoms with Gasteiger partial charge in [0.25, 0.3) is 0 Å². The van der Waals surface area contributed by atoms with Crippen LogP contribution in [0.2, 0.25) is 0 Å². The lowest BCUT2D eigenvalue weighted by Crippen LogP contribution is -2.49. The summed E-state index contributed by atoms with van der Waals surface area (Å²) in [6.07, 6.45) is 4.62. The summed E-state index contributed by atoms with van der Waals surface area (Å²) in [5, 5.41) is 0. The maximum absolute atomic E-state index is 12.1. The van der Waals surface area contributed by atoms with Gasteiger partial charge in [-0.25, -0.2) is 0 Å². The van der Waals surface area contributed by atoms with E-state index in [1.165, 1.54) is 25.9 Å². The van der Waals surface area contributed by atoms with Crippen LogP contribution in [0, 0.1) is 11.8 Å². The number of Topliss-reactive ketones (excluding diaryl/α,β-unsaturated/α-hetero) is 1. The van der Waals surface area contributed by atoms with E-state index in [0.29, 0.717) is 31.0 Å². The fourth-order valence-electron chi connectivity index (χ4n) is 3.97. The van der Waals surface area contributed by atoms with Crippen LogP contribution in [-0.4, -0.2) is 81.3 Å². The molecule has 2 aliphatic rings. The van der Waals surface area contributed by atoms with Crippen molar-refractivity contribution in [2.45, 2.75) is 45.6 Å². The fraction of sp³-hybridized carbons (Fsp3) is 0.947. The highest BCUT2D eigenvalue weighted by Crippen LogP contribution is 2.25. The van der Waals surface area contributed by atoms with E-state index in [1.807, 2.05) is 13.8 Å². The standard InChI is InChI=1S/C19H36N2O3/c1-16(2)19(22)17-4-10-21(11-5-17)18-6-8-20(9-7-18)12-13-24-15-14-23-3/h16-18H,4-15H2,1-3H3. The average molecular weight is 341 g/mol. The summed E-state index contributed by atoms with van der Waals surface area (Å²) in [5.41, 5.74) is 0. The Bertz CT molecular complexity index is 360. The summed E-state index contributed by atoms with van der Waals surface area (Å²) in [6, 6.07) is 0.714. The SMILES string of the molecule is COCCOCCN1CCC(N2CCC(C(=O)C(C)C)CC2)CC1. The normalized spacial score (nSPS) is 22.3. The van der Waals surface area contributed by atoms with Gasteiger partial charge in [-0.3, -0.25) is 4.79 Å². The van der Waals surface area contributed by atoms with Gasteiger partial charge in [0.1, 0.15) is 5.78 Å². The van der Waals surface area contributed by atoms with Crippen molar-refractivity contribution >= 4 is 5.78 Å². The molecule has 2 heterocycles. The molecule has 0 bridgehead atoms. The van der Waals surface area contributed by atoms with Gasteiger partial charge in [-0.15, -0.1) is 0 Å². The largest absolute Gasteiger partial charge is 0.382 e. The van der Waals surface area contributed by atoms with E-state index in [9.17, 15) is 4.79 Å². The van der Waals surface area contributed by atoms with Crippen LogP contribution in [-0.2, 0) is 14.3 Å². The van der Waals surface area contributed by atoms with Crippen LogP contribution in [0.5, 0.6) is 0 Å². The molecule has 0 aliphatic carbocycles. The third-order valence-corrected chi connectivity index (χ3v) is 5.56. The Kier molecular flexibility index (Phi) is 8.67. The molecule has 0 atom stereocenters. The molecule has 2 aliphatic heterocycles. The van der Waals surface area contributed by atoms with Gasteiger partial charge in [0, 0.05) is 31.5 Å². The Morgan fingerprint density at radius 3 is 2.25 bits per heavy atom. The molecular weight excluding hydrogens is 304 g/mol. The van der Waals surface area contributed by atoms with Crippen LogP contribution in [0.4, 0.5) is 0 Å². The van der Waals surface area contributed by atoms with Gasteiger partial charge in [0.2, 0.25) is 0 Å². The topological polar surface area (TPSA) is 42.0 Å². The van der Waals surface area contributed by atoms with Gasteiger partial charge >= 0.3 is 0 Å². The lowest BCUT2D eigenvalue weighted by atomic mass is 9.86. The van der Waals surface area contributed by atoms with Crippen LogP contribution in [0.25, 0.3) is 0 Å². The molecule has 2 rings (SSSR count). The number of piperidine rings is 2. The monoisotopic (exact) mass is 340 g/mol. The van der Waals surface area contributed by atoms with Crippen LogP contribution < -0.4 is 0 Å². The number of hydrogen-bond donors (Lipinski definition) is 0. The van der Waals surface area contributed by atoms with Crippen LogP contribution in [0.15, 0.2) is 0 Å². The Labute approximate surface area is 147 Å². The highest BCUT2D eigenvalue weighted by molar-refractivity contribution is 5.82. The first-order valence-electron chi connectivity index (χ1n) is 9.68. The first kappa shape index (κ1) is 19.8. The van der Waals surface area contributed by atoms with E-state index in [4.69, 9.17) is 9.47 Å². The maximum Gasteiger partial charge on any atom is 0.138 e. The molecule has 0 unspecified atom stereocenters. The van der Waals surface area contributed by atoms with E-state index in [-0.39, 0.29) is 5.92 Å². The van der Waals surface area contributed by atoms with Gasteiger partial charge in [0.15, 0.2) is 0 Å². The number of hydrogen-bond acceptors (Lipinski definition) is 5. The highest BCUT2D eigenvalue weighted by atomic mass is 16.5. The van der Waals surface area contributed by atoms with Crippen LogP contribution in [0.1, 0.15) is 39.5 Å². The lowest BCUT2D eigenvalue weighted by molar-refractivity contribution is -0.127. The summed E-state index contributed by atoms with van der Waals surface area (Å²) < 4.78 is 10.5. The molecule has 2 saturated heterocycles. The van der Waals surface area contributed by atoms with Gasteiger partial charge in [-0.05, 0) is 51.9 Å². The smallest absolute Gasteiger partial charge is 0.138 e. The van der Waals surface area contributed by atoms with Crippen LogP contribution >= 0.6 is 0 Å². The van der Waals surface area contributed by atoms with Crippen molar-refractivity contribution in [1.82, 2.24) is 9.80 Å². The summed E-state index contributed by atoms with van der Waals surface area (Å²) in [6.45, 7) is 11.8. The zero-order valence-electron chi connectivity index (χ0n) is 15.8. The zero-order valence-corrected chi connectivity index (χ0v) is 15.8. The minimum atomic E-state index is 0.191. The molecule has 0 radical (unpaired) electrons. The van der Waals surface area contributed by atoms with Crippen molar-refractivity contribution in [3.63, 3.8) is 0 Å². The molecule has 0 aromatic heterocycles. The first-order valence-corrected chi connectivity index (χ1v) is 9.68. The molecule has 140 valence electrons. The Morgan fingerprint density at radius 1 is 1.00 bits per heavy atom. The minimum Gasteiger partial charge on any atom is -0.382 e. The van der Waals surface area contributed by atoms with Gasteiger partial charge in [-0.2, -0.15) is 0 Å². The Hall–Kier alpha value is -0.490. The lowest BCUT2D eigenvalue weighted by Gasteiger charge is -2.41. The van der Waals surface area contributed by atoms with E-state index < -0.39 is 0 Å². The number of methoxy groups -OCH3 is 1. The molecule has 0 amide bonds. The number of rotatable bonds is 9. The molecule has 0 spiro atoms. The number of ether oxygens (including phenoxy) is 2. The quantitative estimate of drug-likeness (QED) is 0.601. The second-order valence-electron chi connectivity index (χ2n) is 7.55. The molecular formula is C19H36N2O3. The van der Waals surface area contributed by atoms with Crippen molar-refractivity contribution in [2.75, 3.05) is 59.7 Å². The first-order chi connectivity index (χ1) is 11.6. The number of carbonyl (C=O) groups is 1. The average Bonchev–Trinajstić information content (AvgIpc) is 2.61. The Balaban J connectivity index is 1.60. The number of carbonyl (C=O) groups excluding carboxylic acids is 1. The molecule has 5 heteroatoms. The van der Waals surface area contributed by atoms with E-state index in [1.54, 1.807) is 7.11 Å². The van der Waals surface area contributed by atoms with E-state index in [2.05, 4.69) is 9.80 Å². The summed E-state index contributed by atoms with van der Waals surface area (Å²) in [5.74, 6) is 0.972. The number of likely N-dealkylation sites (tertiary alicyclic amines) is 2. The Morgan fingerprint density at radius 2 is 1.67 bits per heavy atom. The van der Waals surface area contributed by atoms with Crippen molar-refractivity contribution in [1.29, 1.82) is 0 Å². The highest BCUT2D eigenvalue weighted by Gasteiger charge is 2.31. The fourth-order valence-corrected chi connectivity index (χ4v) is 3.97. The predicted molar refractivity (Wildman–Crippen MR) is 96.3 cm³/mol. The molecule has 0 aromatic rings. The predicted octanol–water partition coefficient (Wildman–Crippen LogP) is 2.05. The van der Waals surface area contributed by atoms with Crippen molar-refractivity contribution in [3.8, 4) is 0 Å². The van der Waals surface area contributed by atoms with Crippen molar-refractivity contribution in [3.05, 3.63) is 0 Å². The van der Waals surface area contributed by atoms with Gasteiger partial charge in [0.05, 0.1) is 19.8 Å². The van der Waals surface area contributed by atoms with Crippen molar-refractivity contribution < 1.29 is 14.3 Å². The molecule has 0 N–H and O–H groups in total. The summed E-state index contributed by atoms with van der Waals surface area (Å²) in [4.78, 5) is 17.3. The summed E-state index contributed by atoms with van der Waals surface area (Å²) >= 11 is 0. The summed E-state index contributed by atoms with van der Waals surface area (Å²) in [7, 11) is 1.70. The molecule has 0 saturated carbocycles. The zero-order chi connectivity index (χ0) is 17.4. The van der Waals surface area contributed by atoms with Gasteiger partial charge < -0.3 is 19.3 Å². The molecule has 0 aromatic carbocycles. The van der Waals surface area contributed by atoms with Crippen LogP contribution in [0.3, 0.4) is 0 Å². The second-order valence-corrected chi connectivity index (χ2v) is 7.55. The van der Waals surface area contributed by atoms with Crippen molar-refractivity contribution in [2.24, 2.45) is 11.8 Å². The molecule has 24 heavy (non-hydrogen) atoms. The number of nitrogens with zero attached hydrogens (tertiary/aromatic N) is 2. The third kappa shape index (κ3) is 6.10.